The van der Waals surface area contributed by atoms with Crippen molar-refractivity contribution in [2.45, 2.75) is 514 Å². The van der Waals surface area contributed by atoms with E-state index in [4.69, 9.17) is 22.9 Å². The molecule has 0 aromatic rings. The minimum absolute atomic E-state index is 0.0128. The second-order valence-corrected chi connectivity index (χ2v) is 38.5. The lowest BCUT2D eigenvalue weighted by Crippen LogP contribution is -2.55. The van der Waals surface area contributed by atoms with Gasteiger partial charge >= 0.3 is 0 Å². The van der Waals surface area contributed by atoms with Gasteiger partial charge in [0.15, 0.2) is 0 Å². The monoisotopic (exact) mass is 1700 g/mol. The van der Waals surface area contributed by atoms with Crippen molar-refractivity contribution in [1.29, 1.82) is 0 Å². The summed E-state index contributed by atoms with van der Waals surface area (Å²) in [4.78, 5) is 65.5. The molecule has 14 N–H and O–H groups in total. The number of carbonyl (C=O) groups excluding carboxylic acids is 4. The highest BCUT2D eigenvalue weighted by molar-refractivity contribution is 8.76. The molecule has 0 saturated heterocycles. The third-order valence-corrected chi connectivity index (χ3v) is 26.9. The van der Waals surface area contributed by atoms with Gasteiger partial charge in [-0.05, 0) is 142 Å². The van der Waals surface area contributed by atoms with Crippen molar-refractivity contribution in [2.75, 3.05) is 103 Å². The Balaban J connectivity index is 7.12. The summed E-state index contributed by atoms with van der Waals surface area (Å²) < 4.78 is 0. The van der Waals surface area contributed by atoms with Crippen LogP contribution in [0, 0.1) is 0 Å². The number of hydrogen-bond donors (Lipinski definition) is 10. The summed E-state index contributed by atoms with van der Waals surface area (Å²) in [6.07, 6.45) is 89.0. The van der Waals surface area contributed by atoms with E-state index in [0.29, 0.717) is 89.8 Å². The maximum absolute atomic E-state index is 15.7. The number of rotatable bonds is 101. The Bertz CT molecular complexity index is 1830. The number of hydrogen-bond acceptors (Lipinski definition) is 14. The Labute approximate surface area is 741 Å². The second-order valence-electron chi connectivity index (χ2n) is 35.9. The fourth-order valence-corrected chi connectivity index (χ4v) is 18.9. The molecule has 0 aliphatic carbocycles. The topological polar surface area (TPSA) is 251 Å². The van der Waals surface area contributed by atoms with Crippen LogP contribution in [0.25, 0.3) is 0 Å². The molecule has 4 atom stereocenters. The summed E-state index contributed by atoms with van der Waals surface area (Å²) in [5, 5.41) is 20.9. The second kappa shape index (κ2) is 97.5. The van der Waals surface area contributed by atoms with Crippen LogP contribution < -0.4 is 54.8 Å². The summed E-state index contributed by atoms with van der Waals surface area (Å²) in [5.74, 6) is 0.320. The molecule has 16 nitrogen and oxygen atoms in total. The molecule has 2 unspecified atom stereocenters. The van der Waals surface area contributed by atoms with Crippen LogP contribution in [0.2, 0.25) is 0 Å². The zero-order valence-corrected chi connectivity index (χ0v) is 80.8. The highest BCUT2D eigenvalue weighted by atomic mass is 33.1. The molecule has 702 valence electrons. The molecule has 0 radical (unpaired) electrons. The van der Waals surface area contributed by atoms with E-state index in [1.807, 2.05) is 0 Å². The molecular formula is C100H206N12O4S2. The quantitative estimate of drug-likeness (QED) is 0.0201. The maximum Gasteiger partial charge on any atom is 0.246 e. The lowest BCUT2D eigenvalue weighted by Gasteiger charge is -2.30. The lowest BCUT2D eigenvalue weighted by atomic mass is 10.0. The Morgan fingerprint density at radius 3 is 0.602 bits per heavy atom. The van der Waals surface area contributed by atoms with Gasteiger partial charge in [-0.25, -0.2) is 0 Å². The van der Waals surface area contributed by atoms with Crippen molar-refractivity contribution in [3.05, 3.63) is 0 Å². The molecule has 0 saturated carbocycles. The first-order valence-corrected chi connectivity index (χ1v) is 54.8. The van der Waals surface area contributed by atoms with E-state index in [0.717, 1.165) is 116 Å². The summed E-state index contributed by atoms with van der Waals surface area (Å²) in [5.41, 5.74) is 23.8. The summed E-state index contributed by atoms with van der Waals surface area (Å²) in [6, 6.07) is -2.56. The van der Waals surface area contributed by atoms with Crippen LogP contribution in [-0.4, -0.2) is 161 Å². The molecule has 0 aliphatic heterocycles. The van der Waals surface area contributed by atoms with E-state index in [2.05, 4.69) is 69.4 Å². The minimum atomic E-state index is -0.784. The smallest absolute Gasteiger partial charge is 0.246 e. The zero-order valence-electron chi connectivity index (χ0n) is 79.2. The van der Waals surface area contributed by atoms with Crippen molar-refractivity contribution in [3.63, 3.8) is 0 Å². The van der Waals surface area contributed by atoms with Crippen molar-refractivity contribution >= 4 is 45.2 Å². The molecular weight excluding hydrogens is 1500 g/mol. The third-order valence-electron chi connectivity index (χ3n) is 24.5. The molecule has 0 bridgehead atoms. The number of unbranched alkanes of at least 4 members (excludes halogenated alkanes) is 60. The van der Waals surface area contributed by atoms with Gasteiger partial charge in [0.25, 0.3) is 0 Å². The van der Waals surface area contributed by atoms with Crippen LogP contribution in [0.4, 0.5) is 0 Å². The summed E-state index contributed by atoms with van der Waals surface area (Å²) >= 11 is 0. The standard InChI is InChI=1S/C100H206N12O4S2/c1-5-9-13-17-21-25-29-33-37-41-45-49-53-57-61-65-87-111(88-66-62-58-54-50-46-42-38-34-30-26-22-18-14-10-6-2)99(115)95(109-97(113)93(107-85-73-79-103)75-69-81-105-83-71-77-101)91-117-118-92-96(110-98(114)94(108-86-74-80-104)76-70-82-106-84-72-78-102)100(116)112(89-67-63-59-55-51-47-43-39-35-31-27-23-19-15-11-7-3)90-68-64-60-56-52-48-44-40-36-32-28-24-20-16-12-8-4/h93-96,105-108H,5-92,101-104H2,1-4H3,(H,109,113)(H,110,114)/t93-,94?,95?,96+/m0/s1. The van der Waals surface area contributed by atoms with Crippen molar-refractivity contribution < 1.29 is 19.2 Å². The molecule has 0 aromatic heterocycles. The number of amides is 4. The Kier molecular flexibility index (Phi) is 96.0. The molecule has 18 heteroatoms. The average Bonchev–Trinajstić information content (AvgIpc) is 0.867. The van der Waals surface area contributed by atoms with Crippen LogP contribution in [0.5, 0.6) is 0 Å². The Hall–Kier alpha value is -1.74. The van der Waals surface area contributed by atoms with E-state index in [9.17, 15) is 9.59 Å². The molecule has 0 spiro atoms. The molecule has 0 aliphatic rings. The predicted molar refractivity (Wildman–Crippen MR) is 523 cm³/mol. The molecule has 4 amide bonds. The zero-order chi connectivity index (χ0) is 85.7. The number of nitrogens with two attached hydrogens (primary N) is 4. The van der Waals surface area contributed by atoms with Gasteiger partial charge in [0, 0.05) is 37.7 Å². The van der Waals surface area contributed by atoms with E-state index >= 15 is 9.59 Å². The predicted octanol–water partition coefficient (Wildman–Crippen LogP) is 24.1. The molecule has 118 heavy (non-hydrogen) atoms. The van der Waals surface area contributed by atoms with Crippen LogP contribution in [0.3, 0.4) is 0 Å². The Morgan fingerprint density at radius 1 is 0.229 bits per heavy atom. The average molecular weight is 1700 g/mol. The van der Waals surface area contributed by atoms with Gasteiger partial charge < -0.3 is 64.6 Å². The first-order chi connectivity index (χ1) is 58.2. The van der Waals surface area contributed by atoms with Crippen LogP contribution in [0.15, 0.2) is 0 Å². The normalized spacial score (nSPS) is 12.7. The van der Waals surface area contributed by atoms with Gasteiger partial charge in [0.2, 0.25) is 23.6 Å². The molecule has 0 fully saturated rings. The van der Waals surface area contributed by atoms with E-state index < -0.39 is 24.2 Å². The summed E-state index contributed by atoms with van der Waals surface area (Å²) in [7, 11) is 3.11. The first-order valence-electron chi connectivity index (χ1n) is 52.3. The fraction of sp³-hybridized carbons (Fsp3) is 0.960. The van der Waals surface area contributed by atoms with Crippen LogP contribution in [-0.2, 0) is 19.2 Å². The highest BCUT2D eigenvalue weighted by Crippen LogP contribution is 2.27. The van der Waals surface area contributed by atoms with E-state index in [-0.39, 0.29) is 23.6 Å². The summed E-state index contributed by atoms with van der Waals surface area (Å²) in [6.45, 7) is 18.6. The highest BCUT2D eigenvalue weighted by Gasteiger charge is 2.32. The SMILES string of the molecule is CCCCCCCCCCCCCCCCCCN(CCCCCCCCCCCCCCCCCC)C(=O)C(CSSC[C@@H](NC(=O)C(CCCNCCCN)NCCCN)C(=O)N(CCCCCCCCCCCCCCCCCC)CCCCCCCCCCCCCCCCCC)NC(=O)[C@H](CCCNCCCN)NCCCN. The molecule has 0 rings (SSSR count). The van der Waals surface area contributed by atoms with Gasteiger partial charge in [-0.3, -0.25) is 19.2 Å². The molecule has 0 heterocycles. The van der Waals surface area contributed by atoms with Crippen LogP contribution in [0.1, 0.15) is 490 Å². The minimum Gasteiger partial charge on any atom is -0.342 e. The maximum atomic E-state index is 15.7. The number of nitrogens with zero attached hydrogens (tertiary/aromatic N) is 2. The number of carbonyl (C=O) groups is 4. The van der Waals surface area contributed by atoms with Gasteiger partial charge in [0.1, 0.15) is 12.1 Å². The molecule has 0 aromatic carbocycles. The van der Waals surface area contributed by atoms with Crippen LogP contribution >= 0.6 is 21.6 Å². The van der Waals surface area contributed by atoms with Gasteiger partial charge in [0.05, 0.1) is 12.1 Å². The van der Waals surface area contributed by atoms with Crippen molar-refractivity contribution in [2.24, 2.45) is 22.9 Å². The van der Waals surface area contributed by atoms with Gasteiger partial charge in [-0.15, -0.1) is 0 Å². The Morgan fingerprint density at radius 2 is 0.407 bits per heavy atom. The van der Waals surface area contributed by atoms with E-state index in [1.54, 1.807) is 21.6 Å². The van der Waals surface area contributed by atoms with Crippen molar-refractivity contribution in [1.82, 2.24) is 41.7 Å². The van der Waals surface area contributed by atoms with Crippen molar-refractivity contribution in [3.8, 4) is 0 Å². The lowest BCUT2D eigenvalue weighted by molar-refractivity contribution is -0.136. The largest absolute Gasteiger partial charge is 0.342 e. The number of nitrogens with one attached hydrogen (secondary N) is 6. The first kappa shape index (κ1) is 116. The third kappa shape index (κ3) is 80.1. The van der Waals surface area contributed by atoms with E-state index in [1.165, 1.54) is 360 Å². The van der Waals surface area contributed by atoms with Gasteiger partial charge in [-0.2, -0.15) is 0 Å². The van der Waals surface area contributed by atoms with Gasteiger partial charge in [-0.1, -0.05) is 435 Å². The fourth-order valence-electron chi connectivity index (χ4n) is 16.6.